The van der Waals surface area contributed by atoms with Gasteiger partial charge in [0.1, 0.15) is 0 Å². The maximum Gasteiger partial charge on any atom is 0.228 e. The Bertz CT molecular complexity index is 524. The van der Waals surface area contributed by atoms with Crippen molar-refractivity contribution in [3.63, 3.8) is 0 Å². The normalized spacial score (nSPS) is 19.6. The Kier molecular flexibility index (Phi) is 3.61. The highest BCUT2D eigenvalue weighted by Crippen LogP contribution is 2.23. The second kappa shape index (κ2) is 5.54. The molecule has 0 unspecified atom stereocenters. The minimum atomic E-state index is -0.0521. The molecule has 0 saturated carbocycles. The van der Waals surface area contributed by atoms with Crippen LogP contribution in [0.4, 0.5) is 0 Å². The SMILES string of the molecule is O=C(Cc1cccs1)N1CCOC[C@@H]1c1ccn[nH]1. The fourth-order valence-electron chi connectivity index (χ4n) is 2.28. The number of aromatic nitrogens is 2. The summed E-state index contributed by atoms with van der Waals surface area (Å²) in [6.45, 7) is 1.76. The average molecular weight is 277 g/mol. The highest BCUT2D eigenvalue weighted by Gasteiger charge is 2.29. The van der Waals surface area contributed by atoms with E-state index in [4.69, 9.17) is 4.74 Å². The maximum absolute atomic E-state index is 12.4. The number of rotatable bonds is 3. The first-order chi connectivity index (χ1) is 9.34. The van der Waals surface area contributed by atoms with Crippen molar-refractivity contribution in [2.24, 2.45) is 0 Å². The second-order valence-corrected chi connectivity index (χ2v) is 5.48. The third-order valence-electron chi connectivity index (χ3n) is 3.24. The van der Waals surface area contributed by atoms with Crippen molar-refractivity contribution < 1.29 is 9.53 Å². The molecule has 5 nitrogen and oxygen atoms in total. The van der Waals surface area contributed by atoms with E-state index in [-0.39, 0.29) is 11.9 Å². The summed E-state index contributed by atoms with van der Waals surface area (Å²) in [5, 5.41) is 8.87. The number of nitrogens with one attached hydrogen (secondary N) is 1. The molecule has 2 aromatic rings. The van der Waals surface area contributed by atoms with Gasteiger partial charge in [-0.1, -0.05) is 6.07 Å². The van der Waals surface area contributed by atoms with Gasteiger partial charge in [-0.15, -0.1) is 11.3 Å². The fourth-order valence-corrected chi connectivity index (χ4v) is 2.97. The van der Waals surface area contributed by atoms with Gasteiger partial charge < -0.3 is 9.64 Å². The lowest BCUT2D eigenvalue weighted by molar-refractivity contribution is -0.139. The van der Waals surface area contributed by atoms with Crippen LogP contribution in [-0.2, 0) is 16.0 Å². The third-order valence-corrected chi connectivity index (χ3v) is 4.11. The lowest BCUT2D eigenvalue weighted by atomic mass is 10.1. The van der Waals surface area contributed by atoms with Crippen LogP contribution >= 0.6 is 11.3 Å². The summed E-state index contributed by atoms with van der Waals surface area (Å²) >= 11 is 1.62. The summed E-state index contributed by atoms with van der Waals surface area (Å²) in [5.74, 6) is 0.144. The van der Waals surface area contributed by atoms with Crippen molar-refractivity contribution in [1.29, 1.82) is 0 Å². The molecular formula is C13H15N3O2S. The molecule has 0 radical (unpaired) electrons. The van der Waals surface area contributed by atoms with Crippen LogP contribution in [0.1, 0.15) is 16.6 Å². The van der Waals surface area contributed by atoms with E-state index in [1.54, 1.807) is 17.5 Å². The van der Waals surface area contributed by atoms with Crippen LogP contribution in [0.5, 0.6) is 0 Å². The second-order valence-electron chi connectivity index (χ2n) is 4.45. The molecule has 1 amide bonds. The number of hydrogen-bond donors (Lipinski definition) is 1. The van der Waals surface area contributed by atoms with Gasteiger partial charge in [-0.2, -0.15) is 5.10 Å². The highest BCUT2D eigenvalue weighted by molar-refractivity contribution is 7.10. The van der Waals surface area contributed by atoms with Crippen LogP contribution in [0.2, 0.25) is 0 Å². The summed E-state index contributed by atoms with van der Waals surface area (Å²) in [6, 6.07) is 5.81. The van der Waals surface area contributed by atoms with Crippen LogP contribution in [0.3, 0.4) is 0 Å². The number of nitrogens with zero attached hydrogens (tertiary/aromatic N) is 2. The Morgan fingerprint density at radius 2 is 2.53 bits per heavy atom. The molecule has 1 N–H and O–H groups in total. The Morgan fingerprint density at radius 3 is 3.26 bits per heavy atom. The zero-order valence-electron chi connectivity index (χ0n) is 10.4. The maximum atomic E-state index is 12.4. The Labute approximate surface area is 115 Å². The monoisotopic (exact) mass is 277 g/mol. The summed E-state index contributed by atoms with van der Waals surface area (Å²) in [6.07, 6.45) is 2.16. The molecule has 0 spiro atoms. The minimum Gasteiger partial charge on any atom is -0.377 e. The van der Waals surface area contributed by atoms with Crippen LogP contribution < -0.4 is 0 Å². The zero-order chi connectivity index (χ0) is 13.1. The van der Waals surface area contributed by atoms with Crippen molar-refractivity contribution in [1.82, 2.24) is 15.1 Å². The highest BCUT2D eigenvalue weighted by atomic mass is 32.1. The van der Waals surface area contributed by atoms with Crippen molar-refractivity contribution >= 4 is 17.2 Å². The molecule has 0 aromatic carbocycles. The molecule has 3 heterocycles. The predicted molar refractivity (Wildman–Crippen MR) is 71.9 cm³/mol. The number of aromatic amines is 1. The molecule has 1 aliphatic heterocycles. The average Bonchev–Trinajstić information content (AvgIpc) is 3.11. The predicted octanol–water partition coefficient (Wildman–Crippen LogP) is 1.61. The van der Waals surface area contributed by atoms with E-state index in [1.807, 2.05) is 28.5 Å². The number of carbonyl (C=O) groups excluding carboxylic acids is 1. The number of amides is 1. The Morgan fingerprint density at radius 1 is 1.58 bits per heavy atom. The number of ether oxygens (including phenoxy) is 1. The number of morpholine rings is 1. The molecule has 1 saturated heterocycles. The molecule has 19 heavy (non-hydrogen) atoms. The molecule has 3 rings (SSSR count). The van der Waals surface area contributed by atoms with Gasteiger partial charge in [0.25, 0.3) is 0 Å². The smallest absolute Gasteiger partial charge is 0.228 e. The molecule has 1 atom stereocenters. The van der Waals surface area contributed by atoms with Crippen LogP contribution in [0.25, 0.3) is 0 Å². The van der Waals surface area contributed by atoms with Crippen LogP contribution in [0, 0.1) is 0 Å². The van der Waals surface area contributed by atoms with E-state index in [2.05, 4.69) is 10.2 Å². The topological polar surface area (TPSA) is 58.2 Å². The van der Waals surface area contributed by atoms with Crippen molar-refractivity contribution in [2.75, 3.05) is 19.8 Å². The van der Waals surface area contributed by atoms with Crippen LogP contribution in [-0.4, -0.2) is 40.8 Å². The molecule has 1 fully saturated rings. The van der Waals surface area contributed by atoms with Crippen LogP contribution in [0.15, 0.2) is 29.8 Å². The van der Waals surface area contributed by atoms with E-state index in [0.717, 1.165) is 10.6 Å². The third kappa shape index (κ3) is 2.69. The first-order valence-electron chi connectivity index (χ1n) is 6.23. The Hall–Kier alpha value is -1.66. The summed E-state index contributed by atoms with van der Waals surface area (Å²) in [5.41, 5.74) is 0.930. The summed E-state index contributed by atoms with van der Waals surface area (Å²) in [7, 11) is 0. The quantitative estimate of drug-likeness (QED) is 0.927. The van der Waals surface area contributed by atoms with Gasteiger partial charge in [-0.05, 0) is 17.5 Å². The molecule has 100 valence electrons. The Balaban J connectivity index is 1.75. The lowest BCUT2D eigenvalue weighted by Gasteiger charge is -2.34. The van der Waals surface area contributed by atoms with E-state index >= 15 is 0 Å². The summed E-state index contributed by atoms with van der Waals surface area (Å²) < 4.78 is 5.48. The van der Waals surface area contributed by atoms with Gasteiger partial charge in [0, 0.05) is 17.6 Å². The van der Waals surface area contributed by atoms with E-state index < -0.39 is 0 Å². The van der Waals surface area contributed by atoms with E-state index in [9.17, 15) is 4.79 Å². The van der Waals surface area contributed by atoms with E-state index in [1.165, 1.54) is 0 Å². The van der Waals surface area contributed by atoms with Crippen molar-refractivity contribution in [3.05, 3.63) is 40.3 Å². The molecule has 0 aliphatic carbocycles. The number of thiophene rings is 1. The first kappa shape index (κ1) is 12.4. The summed E-state index contributed by atoms with van der Waals surface area (Å²) in [4.78, 5) is 15.4. The zero-order valence-corrected chi connectivity index (χ0v) is 11.2. The van der Waals surface area contributed by atoms with Gasteiger partial charge in [0.15, 0.2) is 0 Å². The lowest BCUT2D eigenvalue weighted by Crippen LogP contribution is -2.44. The molecular weight excluding hydrogens is 262 g/mol. The van der Waals surface area contributed by atoms with Crippen molar-refractivity contribution in [3.8, 4) is 0 Å². The molecule has 6 heteroatoms. The number of hydrogen-bond acceptors (Lipinski definition) is 4. The van der Waals surface area contributed by atoms with Gasteiger partial charge in [0.2, 0.25) is 5.91 Å². The number of carbonyl (C=O) groups is 1. The van der Waals surface area contributed by atoms with Gasteiger partial charge in [-0.3, -0.25) is 9.89 Å². The van der Waals surface area contributed by atoms with Gasteiger partial charge in [-0.25, -0.2) is 0 Å². The largest absolute Gasteiger partial charge is 0.377 e. The van der Waals surface area contributed by atoms with Gasteiger partial charge in [0.05, 0.1) is 31.4 Å². The van der Waals surface area contributed by atoms with Gasteiger partial charge >= 0.3 is 0 Å². The molecule has 0 bridgehead atoms. The minimum absolute atomic E-state index is 0.0521. The molecule has 1 aliphatic rings. The fraction of sp³-hybridized carbons (Fsp3) is 0.385. The van der Waals surface area contributed by atoms with Crippen molar-refractivity contribution in [2.45, 2.75) is 12.5 Å². The van der Waals surface area contributed by atoms with E-state index in [0.29, 0.717) is 26.2 Å². The first-order valence-corrected chi connectivity index (χ1v) is 7.11. The molecule has 2 aromatic heterocycles. The number of H-pyrrole nitrogens is 1. The standard InChI is InChI=1S/C13H15N3O2S/c17-13(8-10-2-1-7-19-10)16-5-6-18-9-12(16)11-3-4-14-15-11/h1-4,7,12H,5-6,8-9H2,(H,14,15)/t12-/m1/s1.